The molecule has 0 bridgehead atoms. The second-order valence-electron chi connectivity index (χ2n) is 5.93. The summed E-state index contributed by atoms with van der Waals surface area (Å²) in [5.74, 6) is 1.11. The predicted molar refractivity (Wildman–Crippen MR) is 105 cm³/mol. The van der Waals surface area contributed by atoms with Gasteiger partial charge in [0.05, 0.1) is 20.3 Å². The standard InChI is InChI=1S/C20H23ClN2O4/c1-23(14-19(24)22-16-7-5-15(21)6-8-16)20(25)4-3-13-27-18-11-9-17(26-2)10-12-18/h5-12H,3-4,13-14H2,1-2H3,(H,22,24). The van der Waals surface area contributed by atoms with Crippen LogP contribution in [0.2, 0.25) is 5.02 Å². The summed E-state index contributed by atoms with van der Waals surface area (Å²) in [5.41, 5.74) is 0.637. The van der Waals surface area contributed by atoms with Crippen LogP contribution in [0.15, 0.2) is 48.5 Å². The number of carbonyl (C=O) groups excluding carboxylic acids is 2. The fourth-order valence-corrected chi connectivity index (χ4v) is 2.44. The van der Waals surface area contributed by atoms with Crippen LogP contribution in [-0.2, 0) is 9.59 Å². The topological polar surface area (TPSA) is 67.9 Å². The molecule has 6 nitrogen and oxygen atoms in total. The largest absolute Gasteiger partial charge is 0.497 e. The van der Waals surface area contributed by atoms with Gasteiger partial charge in [0.25, 0.3) is 0 Å². The Labute approximate surface area is 164 Å². The molecule has 2 aromatic rings. The maximum atomic E-state index is 12.1. The number of nitrogens with zero attached hydrogens (tertiary/aromatic N) is 1. The molecule has 0 aliphatic carbocycles. The SMILES string of the molecule is COc1ccc(OCCCC(=O)N(C)CC(=O)Nc2ccc(Cl)cc2)cc1. The number of nitrogens with one attached hydrogen (secondary N) is 1. The minimum atomic E-state index is -0.261. The van der Waals surface area contributed by atoms with E-state index in [1.807, 2.05) is 24.3 Å². The van der Waals surface area contributed by atoms with Crippen molar-refractivity contribution in [1.82, 2.24) is 4.90 Å². The van der Waals surface area contributed by atoms with Crippen molar-refractivity contribution < 1.29 is 19.1 Å². The fraction of sp³-hybridized carbons (Fsp3) is 0.300. The zero-order chi connectivity index (χ0) is 19.6. The molecule has 7 heteroatoms. The van der Waals surface area contributed by atoms with Gasteiger partial charge in [-0.2, -0.15) is 0 Å². The first kappa shape index (κ1) is 20.6. The number of hydrogen-bond acceptors (Lipinski definition) is 4. The van der Waals surface area contributed by atoms with Crippen LogP contribution >= 0.6 is 11.6 Å². The highest BCUT2D eigenvalue weighted by molar-refractivity contribution is 6.30. The number of hydrogen-bond donors (Lipinski definition) is 1. The van der Waals surface area contributed by atoms with E-state index in [-0.39, 0.29) is 18.4 Å². The first-order valence-electron chi connectivity index (χ1n) is 8.54. The molecular weight excluding hydrogens is 368 g/mol. The lowest BCUT2D eigenvalue weighted by atomic mass is 10.3. The molecule has 144 valence electrons. The molecule has 2 amide bonds. The molecule has 0 heterocycles. The van der Waals surface area contributed by atoms with E-state index in [0.717, 1.165) is 11.5 Å². The second kappa shape index (κ2) is 10.4. The average Bonchev–Trinajstić information content (AvgIpc) is 2.67. The van der Waals surface area contributed by atoms with Crippen LogP contribution in [0, 0.1) is 0 Å². The minimum absolute atomic E-state index is 0.0131. The Bertz CT molecular complexity index is 748. The molecule has 0 atom stereocenters. The van der Waals surface area contributed by atoms with E-state index >= 15 is 0 Å². The maximum absolute atomic E-state index is 12.1. The number of amides is 2. The molecule has 0 spiro atoms. The van der Waals surface area contributed by atoms with E-state index in [2.05, 4.69) is 5.32 Å². The van der Waals surface area contributed by atoms with Gasteiger partial charge in [-0.1, -0.05) is 11.6 Å². The lowest BCUT2D eigenvalue weighted by molar-refractivity contribution is -0.133. The van der Waals surface area contributed by atoms with Gasteiger partial charge in [0.1, 0.15) is 11.5 Å². The van der Waals surface area contributed by atoms with E-state index in [0.29, 0.717) is 30.2 Å². The quantitative estimate of drug-likeness (QED) is 0.664. The first-order chi connectivity index (χ1) is 13.0. The van der Waals surface area contributed by atoms with Crippen molar-refractivity contribution in [2.24, 2.45) is 0 Å². The Hall–Kier alpha value is -2.73. The molecule has 0 aromatic heterocycles. The molecule has 0 unspecified atom stereocenters. The molecule has 0 fully saturated rings. The molecule has 0 saturated heterocycles. The highest BCUT2D eigenvalue weighted by Gasteiger charge is 2.13. The zero-order valence-electron chi connectivity index (χ0n) is 15.4. The summed E-state index contributed by atoms with van der Waals surface area (Å²) >= 11 is 5.81. The number of benzene rings is 2. The Morgan fingerprint density at radius 2 is 1.67 bits per heavy atom. The summed E-state index contributed by atoms with van der Waals surface area (Å²) in [7, 11) is 3.21. The van der Waals surface area contributed by atoms with Gasteiger partial charge in [0, 0.05) is 24.2 Å². The van der Waals surface area contributed by atoms with Crippen LogP contribution in [0.5, 0.6) is 11.5 Å². The van der Waals surface area contributed by atoms with Gasteiger partial charge in [0.15, 0.2) is 0 Å². The van der Waals surface area contributed by atoms with Crippen LogP contribution in [0.4, 0.5) is 5.69 Å². The second-order valence-corrected chi connectivity index (χ2v) is 6.37. The first-order valence-corrected chi connectivity index (χ1v) is 8.92. The van der Waals surface area contributed by atoms with Gasteiger partial charge in [-0.15, -0.1) is 0 Å². The summed E-state index contributed by atoms with van der Waals surface area (Å²) in [4.78, 5) is 25.5. The Kier molecular flexibility index (Phi) is 7.95. The molecule has 2 rings (SSSR count). The number of carbonyl (C=O) groups is 2. The smallest absolute Gasteiger partial charge is 0.243 e. The van der Waals surface area contributed by atoms with Crippen LogP contribution in [0.3, 0.4) is 0 Å². The third kappa shape index (κ3) is 7.19. The summed E-state index contributed by atoms with van der Waals surface area (Å²) < 4.78 is 10.7. The molecule has 2 aromatic carbocycles. The average molecular weight is 391 g/mol. The third-order valence-corrected chi connectivity index (χ3v) is 4.05. The van der Waals surface area contributed by atoms with E-state index in [1.54, 1.807) is 38.4 Å². The number of ether oxygens (including phenoxy) is 2. The maximum Gasteiger partial charge on any atom is 0.243 e. The normalized spacial score (nSPS) is 10.2. The number of rotatable bonds is 9. The van der Waals surface area contributed by atoms with Gasteiger partial charge >= 0.3 is 0 Å². The highest BCUT2D eigenvalue weighted by Crippen LogP contribution is 2.17. The van der Waals surface area contributed by atoms with Gasteiger partial charge in [-0.3, -0.25) is 9.59 Å². The van der Waals surface area contributed by atoms with Crippen molar-refractivity contribution in [2.75, 3.05) is 32.6 Å². The number of methoxy groups -OCH3 is 1. The summed E-state index contributed by atoms with van der Waals surface area (Å²) in [5, 5.41) is 3.32. The molecular formula is C20H23ClN2O4. The van der Waals surface area contributed by atoms with E-state index in [4.69, 9.17) is 21.1 Å². The lowest BCUT2D eigenvalue weighted by Crippen LogP contribution is -2.34. The van der Waals surface area contributed by atoms with E-state index in [9.17, 15) is 9.59 Å². The summed E-state index contributed by atoms with van der Waals surface area (Å²) in [6.45, 7) is 0.406. The van der Waals surface area contributed by atoms with Gasteiger partial charge in [-0.05, 0) is 55.0 Å². The minimum Gasteiger partial charge on any atom is -0.497 e. The van der Waals surface area contributed by atoms with Crippen LogP contribution in [0.25, 0.3) is 0 Å². The lowest BCUT2D eigenvalue weighted by Gasteiger charge is -2.17. The van der Waals surface area contributed by atoms with Crippen molar-refractivity contribution in [3.63, 3.8) is 0 Å². The van der Waals surface area contributed by atoms with Crippen molar-refractivity contribution in [2.45, 2.75) is 12.8 Å². The number of anilines is 1. The molecule has 0 radical (unpaired) electrons. The zero-order valence-corrected chi connectivity index (χ0v) is 16.2. The van der Waals surface area contributed by atoms with Gasteiger partial charge < -0.3 is 19.7 Å². The number of halogens is 1. The van der Waals surface area contributed by atoms with E-state index in [1.165, 1.54) is 4.90 Å². The van der Waals surface area contributed by atoms with Crippen molar-refractivity contribution >= 4 is 29.1 Å². The highest BCUT2D eigenvalue weighted by atomic mass is 35.5. The molecule has 27 heavy (non-hydrogen) atoms. The molecule has 1 N–H and O–H groups in total. The molecule has 0 aliphatic heterocycles. The van der Waals surface area contributed by atoms with Crippen LogP contribution in [-0.4, -0.2) is 44.0 Å². The molecule has 0 aliphatic rings. The van der Waals surface area contributed by atoms with Gasteiger partial charge in [0.2, 0.25) is 11.8 Å². The fourth-order valence-electron chi connectivity index (χ4n) is 2.31. The van der Waals surface area contributed by atoms with E-state index < -0.39 is 0 Å². The van der Waals surface area contributed by atoms with Crippen LogP contribution in [0.1, 0.15) is 12.8 Å². The predicted octanol–water partition coefficient (Wildman–Crippen LogP) is 3.60. The van der Waals surface area contributed by atoms with Crippen molar-refractivity contribution in [3.8, 4) is 11.5 Å². The van der Waals surface area contributed by atoms with Crippen molar-refractivity contribution in [1.29, 1.82) is 0 Å². The Morgan fingerprint density at radius 3 is 2.30 bits per heavy atom. The summed E-state index contributed by atoms with van der Waals surface area (Å²) in [6.07, 6.45) is 0.870. The summed E-state index contributed by atoms with van der Waals surface area (Å²) in [6, 6.07) is 14.0. The van der Waals surface area contributed by atoms with Gasteiger partial charge in [-0.25, -0.2) is 0 Å². The Morgan fingerprint density at radius 1 is 1.04 bits per heavy atom. The number of likely N-dealkylation sites (N-methyl/N-ethyl adjacent to an activating group) is 1. The Balaban J connectivity index is 1.66. The monoisotopic (exact) mass is 390 g/mol. The van der Waals surface area contributed by atoms with Crippen LogP contribution < -0.4 is 14.8 Å². The third-order valence-electron chi connectivity index (χ3n) is 3.80. The molecule has 0 saturated carbocycles. The van der Waals surface area contributed by atoms with Crippen molar-refractivity contribution in [3.05, 3.63) is 53.6 Å².